The first-order valence-electron chi connectivity index (χ1n) is 5.54. The van der Waals surface area contributed by atoms with Crippen LogP contribution in [0.1, 0.15) is 5.56 Å². The molecule has 1 aromatic carbocycles. The van der Waals surface area contributed by atoms with Crippen LogP contribution in [0.5, 0.6) is 0 Å². The molecule has 4 nitrogen and oxygen atoms in total. The van der Waals surface area contributed by atoms with Crippen molar-refractivity contribution in [1.29, 1.82) is 0 Å². The average Bonchev–Trinajstić information content (AvgIpc) is 2.80. The zero-order chi connectivity index (χ0) is 10.8. The molecule has 1 aromatic rings. The van der Waals surface area contributed by atoms with E-state index in [2.05, 4.69) is 40.2 Å². The van der Waals surface area contributed by atoms with Gasteiger partial charge in [-0.2, -0.15) is 0 Å². The second-order valence-corrected chi connectivity index (χ2v) is 4.12. The predicted molar refractivity (Wildman–Crippen MR) is 60.9 cm³/mol. The third-order valence-corrected chi connectivity index (χ3v) is 2.97. The van der Waals surface area contributed by atoms with Crippen LogP contribution in [-0.4, -0.2) is 24.3 Å². The lowest BCUT2D eigenvalue weighted by Crippen LogP contribution is -2.51. The summed E-state index contributed by atoms with van der Waals surface area (Å²) in [6.07, 6.45) is 2.95. The van der Waals surface area contributed by atoms with Gasteiger partial charge in [0.25, 0.3) is 0 Å². The second-order valence-electron chi connectivity index (χ2n) is 4.12. The Hall–Kier alpha value is -1.52. The third-order valence-electron chi connectivity index (χ3n) is 2.97. The first-order valence-corrected chi connectivity index (χ1v) is 5.54. The SMILES string of the molecule is C1=C2COC[C@H](Cc3ccccc3)N2NN1. The Labute approximate surface area is 94.8 Å². The Kier molecular flexibility index (Phi) is 2.52. The summed E-state index contributed by atoms with van der Waals surface area (Å²) < 4.78 is 5.58. The van der Waals surface area contributed by atoms with Gasteiger partial charge in [0.15, 0.2) is 0 Å². The molecule has 0 aliphatic carbocycles. The van der Waals surface area contributed by atoms with Gasteiger partial charge in [-0.25, -0.2) is 0 Å². The van der Waals surface area contributed by atoms with Crippen LogP contribution in [0.15, 0.2) is 42.2 Å². The molecule has 2 N–H and O–H groups in total. The van der Waals surface area contributed by atoms with Crippen molar-refractivity contribution in [3.8, 4) is 0 Å². The molecular formula is C12H15N3O. The zero-order valence-corrected chi connectivity index (χ0v) is 9.02. The fraction of sp³-hybridized carbons (Fsp3) is 0.333. The van der Waals surface area contributed by atoms with Crippen molar-refractivity contribution in [1.82, 2.24) is 16.0 Å². The number of hydrazine groups is 2. The van der Waals surface area contributed by atoms with Crippen LogP contribution in [0.2, 0.25) is 0 Å². The number of nitrogens with one attached hydrogen (secondary N) is 2. The van der Waals surface area contributed by atoms with Crippen LogP contribution in [0, 0.1) is 0 Å². The first-order chi connectivity index (χ1) is 7.93. The number of hydrogen-bond donors (Lipinski definition) is 2. The van der Waals surface area contributed by atoms with Gasteiger partial charge < -0.3 is 10.2 Å². The van der Waals surface area contributed by atoms with Crippen LogP contribution in [0.25, 0.3) is 0 Å². The highest BCUT2D eigenvalue weighted by atomic mass is 16.5. The Morgan fingerprint density at radius 3 is 3.06 bits per heavy atom. The maximum atomic E-state index is 5.58. The van der Waals surface area contributed by atoms with Crippen molar-refractivity contribution < 1.29 is 4.74 Å². The van der Waals surface area contributed by atoms with E-state index < -0.39 is 0 Å². The standard InChI is InChI=1S/C12H15N3O/c1-2-4-10(5-3-1)6-11-8-16-9-12-7-13-14-15(11)12/h1-5,7,11,13-14H,6,8-9H2/t11-/m0/s1. The Morgan fingerprint density at radius 2 is 2.19 bits per heavy atom. The normalized spacial score (nSPS) is 23.6. The van der Waals surface area contributed by atoms with Gasteiger partial charge in [0, 0.05) is 6.20 Å². The van der Waals surface area contributed by atoms with E-state index in [9.17, 15) is 0 Å². The molecule has 0 amide bonds. The van der Waals surface area contributed by atoms with E-state index in [0.717, 1.165) is 13.0 Å². The molecule has 4 heteroatoms. The van der Waals surface area contributed by atoms with E-state index in [0.29, 0.717) is 12.6 Å². The molecule has 2 aliphatic rings. The molecule has 84 valence electrons. The molecule has 2 aliphatic heterocycles. The van der Waals surface area contributed by atoms with E-state index in [1.807, 2.05) is 12.3 Å². The summed E-state index contributed by atoms with van der Waals surface area (Å²) in [5, 5.41) is 2.16. The van der Waals surface area contributed by atoms with E-state index in [4.69, 9.17) is 4.74 Å². The van der Waals surface area contributed by atoms with Gasteiger partial charge in [0.05, 0.1) is 25.0 Å². The van der Waals surface area contributed by atoms with Gasteiger partial charge >= 0.3 is 0 Å². The number of benzene rings is 1. The summed E-state index contributed by atoms with van der Waals surface area (Å²) in [7, 11) is 0. The van der Waals surface area contributed by atoms with Crippen LogP contribution in [0.4, 0.5) is 0 Å². The van der Waals surface area contributed by atoms with Gasteiger partial charge in [-0.05, 0) is 12.0 Å². The Bertz CT molecular complexity index is 391. The number of ether oxygens (including phenoxy) is 1. The fourth-order valence-corrected chi connectivity index (χ4v) is 2.17. The summed E-state index contributed by atoms with van der Waals surface area (Å²) in [6.45, 7) is 1.45. The van der Waals surface area contributed by atoms with Crippen molar-refractivity contribution in [2.45, 2.75) is 12.5 Å². The van der Waals surface area contributed by atoms with Gasteiger partial charge in [-0.15, -0.1) is 5.53 Å². The number of fused-ring (bicyclic) bond motifs is 1. The van der Waals surface area contributed by atoms with E-state index >= 15 is 0 Å². The van der Waals surface area contributed by atoms with Crippen molar-refractivity contribution in [2.24, 2.45) is 0 Å². The highest BCUT2D eigenvalue weighted by molar-refractivity contribution is 5.17. The van der Waals surface area contributed by atoms with E-state index in [1.165, 1.54) is 11.3 Å². The molecular weight excluding hydrogens is 202 g/mol. The minimum Gasteiger partial charge on any atom is -0.373 e. The highest BCUT2D eigenvalue weighted by Crippen LogP contribution is 2.19. The van der Waals surface area contributed by atoms with Crippen molar-refractivity contribution in [3.63, 3.8) is 0 Å². The predicted octanol–water partition coefficient (Wildman–Crippen LogP) is 0.794. The molecule has 0 spiro atoms. The number of rotatable bonds is 2. The summed E-state index contributed by atoms with van der Waals surface area (Å²) in [5.41, 5.74) is 8.67. The van der Waals surface area contributed by atoms with Gasteiger partial charge in [-0.1, -0.05) is 30.3 Å². The molecule has 3 rings (SSSR count). The quantitative estimate of drug-likeness (QED) is 0.768. The Balaban J connectivity index is 1.73. The smallest absolute Gasteiger partial charge is 0.0895 e. The molecule has 1 saturated heterocycles. The lowest BCUT2D eigenvalue weighted by molar-refractivity contribution is 0.00776. The maximum Gasteiger partial charge on any atom is 0.0895 e. The second kappa shape index (κ2) is 4.15. The molecule has 0 aromatic heterocycles. The zero-order valence-electron chi connectivity index (χ0n) is 9.02. The van der Waals surface area contributed by atoms with Crippen molar-refractivity contribution in [3.05, 3.63) is 47.8 Å². The summed E-state index contributed by atoms with van der Waals surface area (Å²) in [4.78, 5) is 0. The van der Waals surface area contributed by atoms with Crippen LogP contribution in [0.3, 0.4) is 0 Å². The molecule has 2 heterocycles. The average molecular weight is 217 g/mol. The van der Waals surface area contributed by atoms with Gasteiger partial charge in [-0.3, -0.25) is 5.01 Å². The fourth-order valence-electron chi connectivity index (χ4n) is 2.17. The molecule has 0 saturated carbocycles. The molecule has 1 fully saturated rings. The molecule has 0 radical (unpaired) electrons. The molecule has 16 heavy (non-hydrogen) atoms. The topological polar surface area (TPSA) is 36.5 Å². The van der Waals surface area contributed by atoms with E-state index in [1.54, 1.807) is 0 Å². The minimum absolute atomic E-state index is 0.359. The third kappa shape index (κ3) is 1.77. The summed E-state index contributed by atoms with van der Waals surface area (Å²) in [6, 6.07) is 10.9. The number of morpholine rings is 1. The van der Waals surface area contributed by atoms with Gasteiger partial charge in [0.2, 0.25) is 0 Å². The summed E-state index contributed by atoms with van der Waals surface area (Å²) in [5.74, 6) is 0. The number of nitrogens with zero attached hydrogens (tertiary/aromatic N) is 1. The maximum absolute atomic E-state index is 5.58. The van der Waals surface area contributed by atoms with Crippen LogP contribution >= 0.6 is 0 Å². The Morgan fingerprint density at radius 1 is 1.31 bits per heavy atom. The number of hydrogen-bond acceptors (Lipinski definition) is 4. The monoisotopic (exact) mass is 217 g/mol. The molecule has 0 unspecified atom stereocenters. The first kappa shape index (κ1) is 9.69. The van der Waals surface area contributed by atoms with Crippen LogP contribution in [-0.2, 0) is 11.2 Å². The van der Waals surface area contributed by atoms with Crippen molar-refractivity contribution in [2.75, 3.05) is 13.2 Å². The summed E-state index contributed by atoms with van der Waals surface area (Å²) >= 11 is 0. The van der Waals surface area contributed by atoms with Crippen LogP contribution < -0.4 is 11.0 Å². The lowest BCUT2D eigenvalue weighted by atomic mass is 10.1. The van der Waals surface area contributed by atoms with Crippen molar-refractivity contribution >= 4 is 0 Å². The highest BCUT2D eigenvalue weighted by Gasteiger charge is 2.28. The minimum atomic E-state index is 0.359. The molecule has 0 bridgehead atoms. The largest absolute Gasteiger partial charge is 0.373 e. The van der Waals surface area contributed by atoms with E-state index in [-0.39, 0.29) is 0 Å². The lowest BCUT2D eigenvalue weighted by Gasteiger charge is -2.34. The molecule has 1 atom stereocenters. The van der Waals surface area contributed by atoms with Gasteiger partial charge in [0.1, 0.15) is 0 Å².